The molecule has 1 aromatic carbocycles. The fraction of sp³-hybridized carbons (Fsp3) is 0.235. The number of hydrogen-bond donors (Lipinski definition) is 0. The number of aryl methyl sites for hydroxylation is 1. The van der Waals surface area contributed by atoms with Crippen LogP contribution in [-0.2, 0) is 12.8 Å². The Labute approximate surface area is 129 Å². The maximum atomic E-state index is 6.22. The topological polar surface area (TPSA) is 38.7 Å². The third-order valence-corrected chi connectivity index (χ3v) is 4.01. The molecule has 3 rings (SSSR count). The molecule has 106 valence electrons. The lowest BCUT2D eigenvalue weighted by Crippen LogP contribution is -2.04. The molecule has 4 heteroatoms. The third-order valence-electron chi connectivity index (χ3n) is 3.65. The van der Waals surface area contributed by atoms with Crippen LogP contribution in [0.2, 0.25) is 5.15 Å². The normalized spacial score (nSPS) is 11.0. The highest BCUT2D eigenvalue weighted by Gasteiger charge is 2.11. The molecule has 0 atom stereocenters. The maximum absolute atomic E-state index is 6.22. The van der Waals surface area contributed by atoms with Crippen LogP contribution in [0.15, 0.2) is 36.5 Å². The second-order valence-electron chi connectivity index (χ2n) is 5.02. The molecule has 0 saturated carbocycles. The van der Waals surface area contributed by atoms with Gasteiger partial charge in [0, 0.05) is 30.0 Å². The van der Waals surface area contributed by atoms with Crippen LogP contribution in [0.25, 0.3) is 10.9 Å². The first kappa shape index (κ1) is 14.0. The summed E-state index contributed by atoms with van der Waals surface area (Å²) in [5.74, 6) is 0.791. The fourth-order valence-electron chi connectivity index (χ4n) is 2.40. The monoisotopic (exact) mass is 297 g/mol. The van der Waals surface area contributed by atoms with Crippen molar-refractivity contribution in [2.75, 3.05) is 0 Å². The van der Waals surface area contributed by atoms with E-state index in [-0.39, 0.29) is 0 Å². The van der Waals surface area contributed by atoms with Gasteiger partial charge in [0.15, 0.2) is 0 Å². The Kier molecular flexibility index (Phi) is 3.84. The number of hydrogen-bond acceptors (Lipinski definition) is 3. The number of fused-ring (bicyclic) bond motifs is 1. The summed E-state index contributed by atoms with van der Waals surface area (Å²) in [5, 5.41) is 1.71. The highest BCUT2D eigenvalue weighted by Crippen LogP contribution is 2.22. The Hall–Kier alpha value is -2.00. The molecule has 0 radical (unpaired) electrons. The number of nitrogens with zero attached hydrogens (tertiary/aromatic N) is 3. The molecular weight excluding hydrogens is 282 g/mol. The van der Waals surface area contributed by atoms with Crippen LogP contribution in [0.4, 0.5) is 0 Å². The molecule has 0 saturated heterocycles. The van der Waals surface area contributed by atoms with Crippen molar-refractivity contribution in [3.05, 3.63) is 64.3 Å². The lowest BCUT2D eigenvalue weighted by molar-refractivity contribution is 0.884. The van der Waals surface area contributed by atoms with Crippen LogP contribution >= 0.6 is 11.6 Å². The number of benzene rings is 1. The van der Waals surface area contributed by atoms with E-state index in [0.717, 1.165) is 40.8 Å². The second kappa shape index (κ2) is 5.78. The van der Waals surface area contributed by atoms with Gasteiger partial charge in [0.05, 0.1) is 11.2 Å². The van der Waals surface area contributed by atoms with Gasteiger partial charge in [0.2, 0.25) is 0 Å². The molecule has 0 bridgehead atoms. The zero-order valence-corrected chi connectivity index (χ0v) is 12.9. The molecule has 0 spiro atoms. The average Bonchev–Trinajstić information content (AvgIpc) is 2.52. The Morgan fingerprint density at radius 1 is 1.10 bits per heavy atom. The predicted octanol–water partition coefficient (Wildman–Crippen LogP) is 4.14. The summed E-state index contributed by atoms with van der Waals surface area (Å²) in [4.78, 5) is 13.3. The van der Waals surface area contributed by atoms with Crippen LogP contribution < -0.4 is 0 Å². The standard InChI is InChI=1S/C17H16ClN3/c1-3-16-20-15(11(2)17(18)21-16)10-12-8-9-19-14-7-5-4-6-13(12)14/h4-9H,3,10H2,1-2H3. The minimum atomic E-state index is 0.551. The third kappa shape index (κ3) is 2.74. The van der Waals surface area contributed by atoms with Crippen LogP contribution in [0.1, 0.15) is 29.6 Å². The summed E-state index contributed by atoms with van der Waals surface area (Å²) in [6.45, 7) is 4.01. The molecule has 0 N–H and O–H groups in total. The molecular formula is C17H16ClN3. The van der Waals surface area contributed by atoms with Crippen LogP contribution in [0.5, 0.6) is 0 Å². The molecule has 3 aromatic rings. The molecule has 2 heterocycles. The average molecular weight is 298 g/mol. The van der Waals surface area contributed by atoms with Crippen LogP contribution in [-0.4, -0.2) is 15.0 Å². The van der Waals surface area contributed by atoms with Gasteiger partial charge in [0.25, 0.3) is 0 Å². The fourth-order valence-corrected chi connectivity index (χ4v) is 2.61. The van der Waals surface area contributed by atoms with Crippen molar-refractivity contribution < 1.29 is 0 Å². The number of halogens is 1. The van der Waals surface area contributed by atoms with Crippen LogP contribution in [0.3, 0.4) is 0 Å². The lowest BCUT2D eigenvalue weighted by atomic mass is 10.0. The Morgan fingerprint density at radius 3 is 2.71 bits per heavy atom. The van der Waals surface area contributed by atoms with Gasteiger partial charge in [-0.3, -0.25) is 4.98 Å². The summed E-state index contributed by atoms with van der Waals surface area (Å²) in [5.41, 5.74) is 4.15. The van der Waals surface area contributed by atoms with Gasteiger partial charge in [-0.2, -0.15) is 0 Å². The minimum absolute atomic E-state index is 0.551. The van der Waals surface area contributed by atoms with E-state index in [1.807, 2.05) is 44.3 Å². The first-order valence-electron chi connectivity index (χ1n) is 7.03. The van der Waals surface area contributed by atoms with Gasteiger partial charge >= 0.3 is 0 Å². The molecule has 0 aliphatic carbocycles. The summed E-state index contributed by atoms with van der Waals surface area (Å²) in [6.07, 6.45) is 3.37. The maximum Gasteiger partial charge on any atom is 0.135 e. The number of pyridine rings is 1. The van der Waals surface area contributed by atoms with Gasteiger partial charge in [-0.1, -0.05) is 36.7 Å². The SMILES string of the molecule is CCc1nc(Cl)c(C)c(Cc2ccnc3ccccc23)n1. The van der Waals surface area contributed by atoms with Crippen molar-refractivity contribution in [1.29, 1.82) is 0 Å². The number of aromatic nitrogens is 3. The summed E-state index contributed by atoms with van der Waals surface area (Å²) in [7, 11) is 0. The van der Waals surface area contributed by atoms with E-state index in [0.29, 0.717) is 5.15 Å². The zero-order chi connectivity index (χ0) is 14.8. The molecule has 21 heavy (non-hydrogen) atoms. The Morgan fingerprint density at radius 2 is 1.90 bits per heavy atom. The summed E-state index contributed by atoms with van der Waals surface area (Å²) in [6, 6.07) is 10.2. The van der Waals surface area contributed by atoms with Gasteiger partial charge in [0.1, 0.15) is 11.0 Å². The molecule has 2 aromatic heterocycles. The zero-order valence-electron chi connectivity index (χ0n) is 12.1. The van der Waals surface area contributed by atoms with Crippen molar-refractivity contribution in [1.82, 2.24) is 15.0 Å². The van der Waals surface area contributed by atoms with Gasteiger partial charge in [-0.15, -0.1) is 0 Å². The Bertz CT molecular complexity index is 794. The quantitative estimate of drug-likeness (QED) is 0.682. The van der Waals surface area contributed by atoms with Crippen molar-refractivity contribution in [3.8, 4) is 0 Å². The molecule has 0 unspecified atom stereocenters. The van der Waals surface area contributed by atoms with Crippen molar-refractivity contribution >= 4 is 22.5 Å². The highest BCUT2D eigenvalue weighted by molar-refractivity contribution is 6.30. The van der Waals surface area contributed by atoms with E-state index in [4.69, 9.17) is 11.6 Å². The molecule has 0 fully saturated rings. The smallest absolute Gasteiger partial charge is 0.135 e. The van der Waals surface area contributed by atoms with Gasteiger partial charge < -0.3 is 0 Å². The van der Waals surface area contributed by atoms with E-state index in [2.05, 4.69) is 21.0 Å². The summed E-state index contributed by atoms with van der Waals surface area (Å²) >= 11 is 6.22. The largest absolute Gasteiger partial charge is 0.256 e. The second-order valence-corrected chi connectivity index (χ2v) is 5.38. The highest BCUT2D eigenvalue weighted by atomic mass is 35.5. The van der Waals surface area contributed by atoms with E-state index in [1.54, 1.807) is 0 Å². The summed E-state index contributed by atoms with van der Waals surface area (Å²) < 4.78 is 0. The van der Waals surface area contributed by atoms with Crippen molar-refractivity contribution in [2.24, 2.45) is 0 Å². The first-order valence-corrected chi connectivity index (χ1v) is 7.41. The number of rotatable bonds is 3. The van der Waals surface area contributed by atoms with E-state index in [9.17, 15) is 0 Å². The van der Waals surface area contributed by atoms with Gasteiger partial charge in [-0.25, -0.2) is 9.97 Å². The minimum Gasteiger partial charge on any atom is -0.256 e. The van der Waals surface area contributed by atoms with Crippen molar-refractivity contribution in [3.63, 3.8) is 0 Å². The van der Waals surface area contributed by atoms with Gasteiger partial charge in [-0.05, 0) is 24.6 Å². The van der Waals surface area contributed by atoms with Crippen molar-refractivity contribution in [2.45, 2.75) is 26.7 Å². The molecule has 0 amide bonds. The molecule has 0 aliphatic heterocycles. The lowest BCUT2D eigenvalue weighted by Gasteiger charge is -2.10. The van der Waals surface area contributed by atoms with E-state index < -0.39 is 0 Å². The molecule has 0 aliphatic rings. The van der Waals surface area contributed by atoms with Crippen LogP contribution in [0, 0.1) is 6.92 Å². The predicted molar refractivity (Wildman–Crippen MR) is 85.7 cm³/mol. The van der Waals surface area contributed by atoms with E-state index in [1.165, 1.54) is 5.56 Å². The number of para-hydroxylation sites is 1. The Balaban J connectivity index is 2.09. The molecule has 3 nitrogen and oxygen atoms in total. The first-order chi connectivity index (χ1) is 10.2. The van der Waals surface area contributed by atoms with E-state index >= 15 is 0 Å².